The van der Waals surface area contributed by atoms with Crippen LogP contribution in [0.25, 0.3) is 0 Å². The molecule has 0 saturated carbocycles. The summed E-state index contributed by atoms with van der Waals surface area (Å²) < 4.78 is 24.2. The number of nitrogens with zero attached hydrogens (tertiary/aromatic N) is 1. The Morgan fingerprint density at radius 2 is 2.08 bits per heavy atom. The largest absolute Gasteiger partial charge is 0.495 e. The summed E-state index contributed by atoms with van der Waals surface area (Å²) in [5, 5.41) is 1.85. The van der Waals surface area contributed by atoms with Gasteiger partial charge in [0.2, 0.25) is 0 Å². The fraction of sp³-hybridized carbons (Fsp3) is 0.389. The lowest BCUT2D eigenvalue weighted by Crippen LogP contribution is -2.41. The molecule has 2 heterocycles. The van der Waals surface area contributed by atoms with Crippen molar-refractivity contribution in [1.82, 2.24) is 4.90 Å². The zero-order valence-corrected chi connectivity index (χ0v) is 14.5. The number of carbonyl (C=O) groups is 1. The van der Waals surface area contributed by atoms with Crippen molar-refractivity contribution in [3.8, 4) is 5.75 Å². The summed E-state index contributed by atoms with van der Waals surface area (Å²) in [5.74, 6) is 0.314. The highest BCUT2D eigenvalue weighted by Crippen LogP contribution is 2.32. The van der Waals surface area contributed by atoms with Gasteiger partial charge in [-0.15, -0.1) is 11.3 Å². The summed E-state index contributed by atoms with van der Waals surface area (Å²) in [6.45, 7) is 0.575. The standard InChI is InChI=1S/C18H20FNO3S/c1-20(18(21)17-15(22-2)8-10-24-17)14-7-9-23-16(11-14)12-3-5-13(19)6-4-12/h3-6,8,10,14,16H,7,9,11H2,1-2H3/t14-,16+/m1/s1. The van der Waals surface area contributed by atoms with E-state index in [0.29, 0.717) is 23.7 Å². The third-order valence-electron chi connectivity index (χ3n) is 4.41. The molecule has 1 aliphatic heterocycles. The molecule has 2 aromatic rings. The Bertz CT molecular complexity index is 701. The molecule has 4 nitrogen and oxygen atoms in total. The molecule has 2 atom stereocenters. The van der Waals surface area contributed by atoms with Gasteiger partial charge in [0.1, 0.15) is 16.4 Å². The summed E-state index contributed by atoms with van der Waals surface area (Å²) in [6.07, 6.45) is 1.36. The Kier molecular flexibility index (Phi) is 5.16. The minimum absolute atomic E-state index is 0.0355. The molecular formula is C18H20FNO3S. The first-order chi connectivity index (χ1) is 11.6. The van der Waals surface area contributed by atoms with E-state index in [0.717, 1.165) is 12.0 Å². The first-order valence-corrected chi connectivity index (χ1v) is 8.74. The van der Waals surface area contributed by atoms with E-state index in [-0.39, 0.29) is 23.9 Å². The summed E-state index contributed by atoms with van der Waals surface area (Å²) in [7, 11) is 3.39. The van der Waals surface area contributed by atoms with E-state index < -0.39 is 0 Å². The van der Waals surface area contributed by atoms with Gasteiger partial charge >= 0.3 is 0 Å². The Balaban J connectivity index is 1.72. The van der Waals surface area contributed by atoms with Gasteiger partial charge in [-0.25, -0.2) is 4.39 Å². The molecule has 24 heavy (non-hydrogen) atoms. The van der Waals surface area contributed by atoms with Crippen LogP contribution in [0.4, 0.5) is 4.39 Å². The van der Waals surface area contributed by atoms with Crippen molar-refractivity contribution in [2.45, 2.75) is 25.0 Å². The minimum Gasteiger partial charge on any atom is -0.495 e. The highest BCUT2D eigenvalue weighted by Gasteiger charge is 2.30. The number of hydrogen-bond acceptors (Lipinski definition) is 4. The van der Waals surface area contributed by atoms with Crippen molar-refractivity contribution in [3.05, 3.63) is 52.0 Å². The third-order valence-corrected chi connectivity index (χ3v) is 5.29. The molecule has 1 aromatic carbocycles. The second-order valence-electron chi connectivity index (χ2n) is 5.82. The lowest BCUT2D eigenvalue weighted by molar-refractivity contribution is -0.0197. The van der Waals surface area contributed by atoms with Gasteiger partial charge in [-0.05, 0) is 42.0 Å². The molecule has 1 fully saturated rings. The first kappa shape index (κ1) is 16.9. The summed E-state index contributed by atoms with van der Waals surface area (Å²) >= 11 is 1.38. The summed E-state index contributed by atoms with van der Waals surface area (Å²) in [4.78, 5) is 15.1. The lowest BCUT2D eigenvalue weighted by atomic mass is 9.96. The average molecular weight is 349 g/mol. The molecule has 1 aromatic heterocycles. The Labute approximate surface area is 144 Å². The van der Waals surface area contributed by atoms with E-state index in [2.05, 4.69) is 0 Å². The first-order valence-electron chi connectivity index (χ1n) is 7.86. The number of benzene rings is 1. The van der Waals surface area contributed by atoms with Crippen molar-refractivity contribution in [1.29, 1.82) is 0 Å². The van der Waals surface area contributed by atoms with E-state index in [9.17, 15) is 9.18 Å². The summed E-state index contributed by atoms with van der Waals surface area (Å²) in [5.41, 5.74) is 0.940. The van der Waals surface area contributed by atoms with Crippen molar-refractivity contribution in [2.75, 3.05) is 20.8 Å². The van der Waals surface area contributed by atoms with E-state index in [4.69, 9.17) is 9.47 Å². The lowest BCUT2D eigenvalue weighted by Gasteiger charge is -2.35. The van der Waals surface area contributed by atoms with E-state index >= 15 is 0 Å². The maximum absolute atomic E-state index is 13.1. The van der Waals surface area contributed by atoms with Crippen LogP contribution >= 0.6 is 11.3 Å². The van der Waals surface area contributed by atoms with Crippen LogP contribution < -0.4 is 4.74 Å². The van der Waals surface area contributed by atoms with Crippen LogP contribution in [-0.4, -0.2) is 37.6 Å². The molecule has 1 aliphatic rings. The zero-order valence-electron chi connectivity index (χ0n) is 13.7. The number of amides is 1. The molecule has 3 rings (SSSR count). The molecule has 1 saturated heterocycles. The van der Waals surface area contributed by atoms with Crippen molar-refractivity contribution in [3.63, 3.8) is 0 Å². The van der Waals surface area contributed by atoms with Gasteiger partial charge in [-0.1, -0.05) is 12.1 Å². The Hall–Kier alpha value is -1.92. The number of thiophene rings is 1. The smallest absolute Gasteiger partial charge is 0.267 e. The monoisotopic (exact) mass is 349 g/mol. The molecule has 128 valence electrons. The van der Waals surface area contributed by atoms with Gasteiger partial charge < -0.3 is 14.4 Å². The Morgan fingerprint density at radius 1 is 1.33 bits per heavy atom. The zero-order chi connectivity index (χ0) is 17.1. The van der Waals surface area contributed by atoms with Crippen LogP contribution in [-0.2, 0) is 4.74 Å². The van der Waals surface area contributed by atoms with Crippen LogP contribution in [0.5, 0.6) is 5.75 Å². The van der Waals surface area contributed by atoms with Crippen LogP contribution in [0.2, 0.25) is 0 Å². The Morgan fingerprint density at radius 3 is 2.79 bits per heavy atom. The number of rotatable bonds is 4. The van der Waals surface area contributed by atoms with Crippen LogP contribution in [0.3, 0.4) is 0 Å². The van der Waals surface area contributed by atoms with E-state index in [1.807, 2.05) is 12.4 Å². The van der Waals surface area contributed by atoms with Crippen molar-refractivity contribution in [2.24, 2.45) is 0 Å². The SMILES string of the molecule is COc1ccsc1C(=O)N(C)[C@@H]1CCO[C@H](c2ccc(F)cc2)C1. The highest BCUT2D eigenvalue weighted by molar-refractivity contribution is 7.12. The van der Waals surface area contributed by atoms with Crippen LogP contribution in [0.15, 0.2) is 35.7 Å². The molecular weight excluding hydrogens is 329 g/mol. The maximum atomic E-state index is 13.1. The number of methoxy groups -OCH3 is 1. The molecule has 6 heteroatoms. The molecule has 0 bridgehead atoms. The number of hydrogen-bond donors (Lipinski definition) is 0. The van der Waals surface area contributed by atoms with Crippen molar-refractivity contribution < 1.29 is 18.7 Å². The van der Waals surface area contributed by atoms with E-state index in [1.54, 1.807) is 30.2 Å². The second-order valence-corrected chi connectivity index (χ2v) is 6.74. The molecule has 0 spiro atoms. The number of ether oxygens (including phenoxy) is 2. The van der Waals surface area contributed by atoms with Crippen molar-refractivity contribution >= 4 is 17.2 Å². The van der Waals surface area contributed by atoms with Gasteiger partial charge in [0, 0.05) is 19.7 Å². The minimum atomic E-state index is -0.261. The molecule has 0 aliphatic carbocycles. The van der Waals surface area contributed by atoms with E-state index in [1.165, 1.54) is 23.5 Å². The summed E-state index contributed by atoms with van der Waals surface area (Å²) in [6, 6.07) is 8.24. The third kappa shape index (κ3) is 3.44. The number of carbonyl (C=O) groups excluding carboxylic acids is 1. The quantitative estimate of drug-likeness (QED) is 0.841. The fourth-order valence-electron chi connectivity index (χ4n) is 2.98. The van der Waals surface area contributed by atoms with Gasteiger partial charge in [0.25, 0.3) is 5.91 Å². The fourth-order valence-corrected chi connectivity index (χ4v) is 3.82. The second kappa shape index (κ2) is 7.32. The van der Waals surface area contributed by atoms with Gasteiger partial charge in [-0.2, -0.15) is 0 Å². The average Bonchev–Trinajstić information content (AvgIpc) is 3.10. The molecule has 0 radical (unpaired) electrons. The van der Waals surface area contributed by atoms with Gasteiger partial charge in [0.15, 0.2) is 0 Å². The topological polar surface area (TPSA) is 38.8 Å². The maximum Gasteiger partial charge on any atom is 0.267 e. The van der Waals surface area contributed by atoms with Gasteiger partial charge in [0.05, 0.1) is 13.2 Å². The van der Waals surface area contributed by atoms with Gasteiger partial charge in [-0.3, -0.25) is 4.79 Å². The number of halogens is 1. The normalized spacial score (nSPS) is 20.6. The molecule has 0 unspecified atom stereocenters. The predicted octanol–water partition coefficient (Wildman–Crippen LogP) is 3.89. The molecule has 1 amide bonds. The molecule has 0 N–H and O–H groups in total. The van der Waals surface area contributed by atoms with Crippen LogP contribution in [0, 0.1) is 5.82 Å². The van der Waals surface area contributed by atoms with Crippen LogP contribution in [0.1, 0.15) is 34.2 Å². The predicted molar refractivity (Wildman–Crippen MR) is 91.1 cm³/mol. The highest BCUT2D eigenvalue weighted by atomic mass is 32.1.